The van der Waals surface area contributed by atoms with Gasteiger partial charge in [0.15, 0.2) is 0 Å². The molecule has 0 rings (SSSR count). The molecule has 0 radical (unpaired) electrons. The van der Waals surface area contributed by atoms with E-state index in [1.807, 2.05) is 0 Å². The summed E-state index contributed by atoms with van der Waals surface area (Å²) in [6, 6.07) is 0. The lowest BCUT2D eigenvalue weighted by atomic mass is 10.7. The maximum absolute atomic E-state index is 10.6. The molecule has 0 aromatic rings. The molecule has 70 valence electrons. The number of carbonyl (C=O) groups excluding carboxylic acids is 2. The lowest BCUT2D eigenvalue weighted by Crippen LogP contribution is -2.23. The zero-order valence-electron chi connectivity index (χ0n) is 6.96. The third-order valence-electron chi connectivity index (χ3n) is 0.943. The monoisotopic (exact) mass is 209 g/mol. The largest absolute Gasteiger partial charge is 0.456 e. The second-order valence-corrected chi connectivity index (χ2v) is 3.24. The number of hydrogen-bond donors (Lipinski definition) is 1. The third-order valence-corrected chi connectivity index (χ3v) is 1.91. The number of ether oxygens (including phenoxy) is 1. The molecule has 0 aliphatic heterocycles. The zero-order valence-corrected chi connectivity index (χ0v) is 8.59. The van der Waals surface area contributed by atoms with Crippen molar-refractivity contribution in [1.82, 2.24) is 5.32 Å². The van der Waals surface area contributed by atoms with Crippen molar-refractivity contribution in [2.45, 2.75) is 0 Å². The molecule has 0 spiro atoms. The Morgan fingerprint density at radius 2 is 2.00 bits per heavy atom. The Morgan fingerprint density at radius 3 is 2.50 bits per heavy atom. The second-order valence-electron chi connectivity index (χ2n) is 1.72. The first kappa shape index (κ1) is 11.6. The first-order valence-corrected chi connectivity index (χ1v) is 5.68. The molecule has 0 aliphatic rings. The van der Waals surface area contributed by atoms with E-state index in [1.54, 1.807) is 12.5 Å². The molecule has 1 amide bonds. The van der Waals surface area contributed by atoms with Crippen molar-refractivity contribution in [2.24, 2.45) is 0 Å². The first-order valence-electron chi connectivity index (χ1n) is 3.23. The quantitative estimate of drug-likeness (QED) is 0.564. The molecule has 0 unspecified atom stereocenters. The van der Waals surface area contributed by atoms with Gasteiger partial charge in [-0.1, -0.05) is 11.8 Å². The van der Waals surface area contributed by atoms with Gasteiger partial charge in [-0.3, -0.25) is 4.79 Å². The van der Waals surface area contributed by atoms with E-state index in [1.165, 1.54) is 0 Å². The summed E-state index contributed by atoms with van der Waals surface area (Å²) in [4.78, 5) is 21.2. The van der Waals surface area contributed by atoms with Crippen LogP contribution in [0.25, 0.3) is 0 Å². The fourth-order valence-corrected chi connectivity index (χ4v) is 0.866. The van der Waals surface area contributed by atoms with Crippen LogP contribution in [0.1, 0.15) is 0 Å². The van der Waals surface area contributed by atoms with Crippen molar-refractivity contribution >= 4 is 34.1 Å². The van der Waals surface area contributed by atoms with Crippen LogP contribution in [0, 0.1) is 0 Å². The number of rotatable bonds is 3. The van der Waals surface area contributed by atoms with Crippen molar-refractivity contribution in [1.29, 1.82) is 0 Å². The van der Waals surface area contributed by atoms with Gasteiger partial charge in [-0.15, -0.1) is 0 Å². The minimum Gasteiger partial charge on any atom is -0.456 e. The summed E-state index contributed by atoms with van der Waals surface area (Å²) in [5, 5.41) is 2.11. The van der Waals surface area contributed by atoms with Gasteiger partial charge in [-0.05, 0) is 24.3 Å². The van der Waals surface area contributed by atoms with E-state index < -0.39 is 0 Å². The van der Waals surface area contributed by atoms with Crippen LogP contribution in [-0.4, -0.2) is 36.2 Å². The van der Waals surface area contributed by atoms with Gasteiger partial charge in [-0.25, -0.2) is 4.79 Å². The number of amides is 1. The summed E-state index contributed by atoms with van der Waals surface area (Å²) < 4.78 is 4.69. The SMILES string of the molecule is CSC(=O)NCCOC(=O)SC. The van der Waals surface area contributed by atoms with Crippen molar-refractivity contribution in [3.05, 3.63) is 0 Å². The predicted molar refractivity (Wildman–Crippen MR) is 51.8 cm³/mol. The Kier molecular flexibility index (Phi) is 7.08. The van der Waals surface area contributed by atoms with E-state index in [2.05, 4.69) is 10.1 Å². The van der Waals surface area contributed by atoms with Crippen LogP contribution in [-0.2, 0) is 4.74 Å². The first-order chi connectivity index (χ1) is 5.70. The molecule has 12 heavy (non-hydrogen) atoms. The fraction of sp³-hybridized carbons (Fsp3) is 0.667. The number of carbonyl (C=O) groups is 2. The Labute approximate surface area is 79.8 Å². The lowest BCUT2D eigenvalue weighted by Gasteiger charge is -2.02. The summed E-state index contributed by atoms with van der Waals surface area (Å²) >= 11 is 2.10. The summed E-state index contributed by atoms with van der Waals surface area (Å²) in [7, 11) is 0. The van der Waals surface area contributed by atoms with E-state index in [4.69, 9.17) is 0 Å². The van der Waals surface area contributed by atoms with Crippen LogP contribution >= 0.6 is 23.5 Å². The van der Waals surface area contributed by atoms with Gasteiger partial charge in [0.1, 0.15) is 6.61 Å². The molecular weight excluding hydrogens is 198 g/mol. The zero-order chi connectivity index (χ0) is 9.40. The summed E-state index contributed by atoms with van der Waals surface area (Å²) in [6.07, 6.45) is 3.33. The van der Waals surface area contributed by atoms with Crippen LogP contribution in [0.4, 0.5) is 9.59 Å². The highest BCUT2D eigenvalue weighted by molar-refractivity contribution is 8.13. The Morgan fingerprint density at radius 1 is 1.33 bits per heavy atom. The van der Waals surface area contributed by atoms with Gasteiger partial charge < -0.3 is 10.1 Å². The van der Waals surface area contributed by atoms with Gasteiger partial charge in [0.25, 0.3) is 5.24 Å². The second kappa shape index (κ2) is 7.30. The fourth-order valence-electron chi connectivity index (χ4n) is 0.419. The van der Waals surface area contributed by atoms with Crippen molar-refractivity contribution < 1.29 is 14.3 Å². The average Bonchev–Trinajstić information content (AvgIpc) is 2.11. The highest BCUT2D eigenvalue weighted by Gasteiger charge is 1.99. The van der Waals surface area contributed by atoms with Gasteiger partial charge in [-0.2, -0.15) is 0 Å². The molecule has 0 aromatic heterocycles. The highest BCUT2D eigenvalue weighted by Crippen LogP contribution is 1.97. The third kappa shape index (κ3) is 6.36. The summed E-state index contributed by atoms with van der Waals surface area (Å²) in [5.74, 6) is 0. The van der Waals surface area contributed by atoms with E-state index in [9.17, 15) is 9.59 Å². The molecule has 6 heteroatoms. The van der Waals surface area contributed by atoms with Crippen molar-refractivity contribution in [3.8, 4) is 0 Å². The predicted octanol–water partition coefficient (Wildman–Crippen LogP) is 1.56. The van der Waals surface area contributed by atoms with Crippen LogP contribution in [0.3, 0.4) is 0 Å². The minimum atomic E-state index is -0.326. The molecule has 1 N–H and O–H groups in total. The Bertz CT molecular complexity index is 145. The standard InChI is InChI=1S/C6H11NO3S2/c1-11-5(8)7-3-4-10-6(9)12-2/h3-4H2,1-2H3,(H,7,8). The minimum absolute atomic E-state index is 0.116. The van der Waals surface area contributed by atoms with Gasteiger partial charge in [0, 0.05) is 0 Å². The van der Waals surface area contributed by atoms with Gasteiger partial charge in [0.2, 0.25) is 0 Å². The normalized spacial score (nSPS) is 9.17. The molecule has 0 aliphatic carbocycles. The molecule has 0 atom stereocenters. The molecule has 0 saturated heterocycles. The maximum Gasteiger partial charge on any atom is 0.367 e. The molecular formula is C6H11NO3S2. The molecule has 0 heterocycles. The Hall–Kier alpha value is -0.360. The number of hydrogen-bond acceptors (Lipinski definition) is 5. The van der Waals surface area contributed by atoms with Gasteiger partial charge in [0.05, 0.1) is 6.54 Å². The van der Waals surface area contributed by atoms with E-state index in [-0.39, 0.29) is 17.1 Å². The van der Waals surface area contributed by atoms with Gasteiger partial charge >= 0.3 is 5.30 Å². The molecule has 0 aromatic carbocycles. The van der Waals surface area contributed by atoms with Crippen LogP contribution in [0.15, 0.2) is 0 Å². The molecule has 0 bridgehead atoms. The summed E-state index contributed by atoms with van der Waals surface area (Å²) in [6.45, 7) is 0.595. The van der Waals surface area contributed by atoms with E-state index in [0.29, 0.717) is 6.54 Å². The summed E-state index contributed by atoms with van der Waals surface area (Å²) in [5.41, 5.74) is 0. The maximum atomic E-state index is 10.6. The molecule has 4 nitrogen and oxygen atoms in total. The topological polar surface area (TPSA) is 55.4 Å². The lowest BCUT2D eigenvalue weighted by molar-refractivity contribution is 0.176. The van der Waals surface area contributed by atoms with Crippen LogP contribution < -0.4 is 5.32 Å². The number of nitrogens with one attached hydrogen (secondary N) is 1. The average molecular weight is 209 g/mol. The smallest absolute Gasteiger partial charge is 0.367 e. The van der Waals surface area contributed by atoms with E-state index in [0.717, 1.165) is 23.5 Å². The highest BCUT2D eigenvalue weighted by atomic mass is 32.2. The van der Waals surface area contributed by atoms with Crippen molar-refractivity contribution in [3.63, 3.8) is 0 Å². The molecule has 0 saturated carbocycles. The van der Waals surface area contributed by atoms with Crippen LogP contribution in [0.5, 0.6) is 0 Å². The van der Waals surface area contributed by atoms with E-state index >= 15 is 0 Å². The van der Waals surface area contributed by atoms with Crippen molar-refractivity contribution in [2.75, 3.05) is 25.7 Å². The Balaban J connectivity index is 3.21. The number of thioether (sulfide) groups is 2. The van der Waals surface area contributed by atoms with Crippen LogP contribution in [0.2, 0.25) is 0 Å². The molecule has 0 fully saturated rings.